The van der Waals surface area contributed by atoms with Crippen LogP contribution in [0.25, 0.3) is 0 Å². The highest BCUT2D eigenvalue weighted by atomic mass is 16.1. The molecule has 0 fully saturated rings. The van der Waals surface area contributed by atoms with Gasteiger partial charge in [-0.3, -0.25) is 4.79 Å². The fourth-order valence-electron chi connectivity index (χ4n) is 3.39. The Kier molecular flexibility index (Phi) is 4.19. The van der Waals surface area contributed by atoms with Crippen LogP contribution in [0, 0.1) is 13.8 Å². The van der Waals surface area contributed by atoms with Crippen LogP contribution in [0.5, 0.6) is 0 Å². The number of benzene rings is 2. The summed E-state index contributed by atoms with van der Waals surface area (Å²) in [5.41, 5.74) is 5.22. The Bertz CT molecular complexity index is 1040. The summed E-state index contributed by atoms with van der Waals surface area (Å²) in [4.78, 5) is 13.2. The molecule has 1 unspecified atom stereocenters. The number of anilines is 2. The van der Waals surface area contributed by atoms with Gasteiger partial charge in [0.1, 0.15) is 6.04 Å². The summed E-state index contributed by atoms with van der Waals surface area (Å²) in [6, 6.07) is 15.3. The van der Waals surface area contributed by atoms with Crippen LogP contribution >= 0.6 is 0 Å². The number of nitrogens with zero attached hydrogens (tertiary/aromatic N) is 4. The zero-order valence-corrected chi connectivity index (χ0v) is 15.4. The standard InChI is InChI=1S/C20H20N6O/c1-12-9-10-16(13(2)11-12)22-19(27)17-14(3)21-20-23-24-25-26(20)18(17)15-7-5-4-6-8-15/h4-11,18H,1-3H3,(H,22,27)(H,21,23,25). The van der Waals surface area contributed by atoms with Gasteiger partial charge in [-0.2, -0.15) is 4.68 Å². The SMILES string of the molecule is CC1=C(C(=O)Nc2ccc(C)cc2C)C(c2ccccc2)n2nnnc2N1. The van der Waals surface area contributed by atoms with Crippen LogP contribution in [0.1, 0.15) is 29.7 Å². The smallest absolute Gasteiger partial charge is 0.255 e. The van der Waals surface area contributed by atoms with Crippen LogP contribution in [0.4, 0.5) is 11.6 Å². The maximum atomic E-state index is 13.2. The third kappa shape index (κ3) is 3.08. The maximum Gasteiger partial charge on any atom is 0.255 e. The fourth-order valence-corrected chi connectivity index (χ4v) is 3.39. The first-order chi connectivity index (χ1) is 13.0. The lowest BCUT2D eigenvalue weighted by atomic mass is 9.95. The number of amides is 1. The van der Waals surface area contributed by atoms with E-state index in [1.54, 1.807) is 4.68 Å². The van der Waals surface area contributed by atoms with E-state index in [1.165, 1.54) is 0 Å². The molecule has 1 atom stereocenters. The average molecular weight is 360 g/mol. The maximum absolute atomic E-state index is 13.2. The Hall–Kier alpha value is -3.48. The number of hydrogen-bond donors (Lipinski definition) is 2. The second kappa shape index (κ2) is 6.68. The van der Waals surface area contributed by atoms with E-state index in [4.69, 9.17) is 0 Å². The van der Waals surface area contributed by atoms with Crippen LogP contribution in [0.2, 0.25) is 0 Å². The van der Waals surface area contributed by atoms with Gasteiger partial charge in [0, 0.05) is 11.4 Å². The summed E-state index contributed by atoms with van der Waals surface area (Å²) in [5.74, 6) is 0.339. The first-order valence-electron chi connectivity index (χ1n) is 8.74. The number of carbonyl (C=O) groups is 1. The predicted molar refractivity (Wildman–Crippen MR) is 103 cm³/mol. The monoisotopic (exact) mass is 360 g/mol. The quantitative estimate of drug-likeness (QED) is 0.749. The largest absolute Gasteiger partial charge is 0.326 e. The second-order valence-electron chi connectivity index (χ2n) is 6.70. The van der Waals surface area contributed by atoms with Crippen LogP contribution in [-0.4, -0.2) is 26.1 Å². The fraction of sp³-hybridized carbons (Fsp3) is 0.200. The summed E-state index contributed by atoms with van der Waals surface area (Å²) in [7, 11) is 0. The Morgan fingerprint density at radius 3 is 2.63 bits per heavy atom. The van der Waals surface area contributed by atoms with Crippen molar-refractivity contribution in [1.29, 1.82) is 0 Å². The van der Waals surface area contributed by atoms with Gasteiger partial charge in [-0.25, -0.2) is 0 Å². The van der Waals surface area contributed by atoms with Gasteiger partial charge < -0.3 is 10.6 Å². The van der Waals surface area contributed by atoms with E-state index in [1.807, 2.05) is 69.3 Å². The summed E-state index contributed by atoms with van der Waals surface area (Å²) < 4.78 is 1.64. The first-order valence-corrected chi connectivity index (χ1v) is 8.74. The minimum atomic E-state index is -0.400. The van der Waals surface area contributed by atoms with Crippen molar-refractivity contribution in [1.82, 2.24) is 20.2 Å². The number of carbonyl (C=O) groups excluding carboxylic acids is 1. The van der Waals surface area contributed by atoms with Crippen molar-refractivity contribution in [3.05, 3.63) is 76.5 Å². The number of aromatic nitrogens is 4. The molecule has 0 bridgehead atoms. The number of allylic oxidation sites excluding steroid dienone is 1. The Balaban J connectivity index is 1.75. The van der Waals surface area contributed by atoms with Crippen LogP contribution in [0.3, 0.4) is 0 Å². The second-order valence-corrected chi connectivity index (χ2v) is 6.70. The third-order valence-corrected chi connectivity index (χ3v) is 4.70. The summed E-state index contributed by atoms with van der Waals surface area (Å²) >= 11 is 0. The van der Waals surface area contributed by atoms with Crippen LogP contribution in [-0.2, 0) is 4.79 Å². The highest BCUT2D eigenvalue weighted by molar-refractivity contribution is 6.06. The van der Waals surface area contributed by atoms with E-state index in [9.17, 15) is 4.79 Å². The highest BCUT2D eigenvalue weighted by Gasteiger charge is 2.34. The molecule has 1 aliphatic rings. The molecule has 7 nitrogen and oxygen atoms in total. The first kappa shape index (κ1) is 17.0. The molecule has 0 spiro atoms. The van der Waals surface area contributed by atoms with Crippen LogP contribution in [0.15, 0.2) is 59.8 Å². The van der Waals surface area contributed by atoms with E-state index in [-0.39, 0.29) is 5.91 Å². The predicted octanol–water partition coefficient (Wildman–Crippen LogP) is 3.22. The Morgan fingerprint density at radius 2 is 1.89 bits per heavy atom. The normalized spacial score (nSPS) is 15.9. The lowest BCUT2D eigenvalue weighted by Gasteiger charge is -2.28. The number of fused-ring (bicyclic) bond motifs is 1. The van der Waals surface area contributed by atoms with Gasteiger partial charge in [0.05, 0.1) is 5.57 Å². The molecule has 7 heteroatoms. The molecule has 136 valence electrons. The van der Waals surface area contributed by atoms with Gasteiger partial charge in [0.15, 0.2) is 0 Å². The summed E-state index contributed by atoms with van der Waals surface area (Å²) in [6.45, 7) is 5.88. The zero-order chi connectivity index (χ0) is 19.0. The molecule has 0 aliphatic carbocycles. The Morgan fingerprint density at radius 1 is 1.11 bits per heavy atom. The van der Waals surface area contributed by atoms with E-state index in [2.05, 4.69) is 26.2 Å². The van der Waals surface area contributed by atoms with Crippen molar-refractivity contribution >= 4 is 17.5 Å². The van der Waals surface area contributed by atoms with Gasteiger partial charge >= 0.3 is 0 Å². The van der Waals surface area contributed by atoms with Crippen molar-refractivity contribution in [2.24, 2.45) is 0 Å². The molecular formula is C20H20N6O. The minimum absolute atomic E-state index is 0.179. The number of rotatable bonds is 3. The van der Waals surface area contributed by atoms with Gasteiger partial charge in [-0.1, -0.05) is 53.1 Å². The van der Waals surface area contributed by atoms with Gasteiger partial charge in [-0.05, 0) is 48.4 Å². The molecule has 0 saturated heterocycles. The third-order valence-electron chi connectivity index (χ3n) is 4.70. The lowest BCUT2D eigenvalue weighted by Crippen LogP contribution is -2.31. The minimum Gasteiger partial charge on any atom is -0.326 e. The number of hydrogen-bond acceptors (Lipinski definition) is 5. The summed E-state index contributed by atoms with van der Waals surface area (Å²) in [5, 5.41) is 18.0. The van der Waals surface area contributed by atoms with E-state index >= 15 is 0 Å². The van der Waals surface area contributed by atoms with Crippen molar-refractivity contribution in [3.8, 4) is 0 Å². The Labute approximate surface area is 157 Å². The van der Waals surface area contributed by atoms with Crippen LogP contribution < -0.4 is 10.6 Å². The van der Waals surface area contributed by atoms with Crippen molar-refractivity contribution in [3.63, 3.8) is 0 Å². The zero-order valence-electron chi connectivity index (χ0n) is 15.4. The van der Waals surface area contributed by atoms with Crippen molar-refractivity contribution in [2.75, 3.05) is 10.6 Å². The molecule has 1 aromatic heterocycles. The van der Waals surface area contributed by atoms with E-state index < -0.39 is 6.04 Å². The van der Waals surface area contributed by atoms with E-state index in [0.717, 1.165) is 28.1 Å². The molecular weight excluding hydrogens is 340 g/mol. The molecule has 1 amide bonds. The molecule has 2 N–H and O–H groups in total. The van der Waals surface area contributed by atoms with Gasteiger partial charge in [0.25, 0.3) is 5.91 Å². The van der Waals surface area contributed by atoms with Crippen molar-refractivity contribution < 1.29 is 4.79 Å². The molecule has 1 aliphatic heterocycles. The number of tetrazole rings is 1. The molecule has 4 rings (SSSR count). The number of nitrogens with one attached hydrogen (secondary N) is 2. The topological polar surface area (TPSA) is 84.7 Å². The van der Waals surface area contributed by atoms with Gasteiger partial charge in [-0.15, -0.1) is 0 Å². The molecule has 2 heterocycles. The van der Waals surface area contributed by atoms with Crippen molar-refractivity contribution in [2.45, 2.75) is 26.8 Å². The van der Waals surface area contributed by atoms with E-state index in [0.29, 0.717) is 11.5 Å². The molecule has 2 aromatic carbocycles. The molecule has 0 saturated carbocycles. The number of aryl methyl sites for hydroxylation is 2. The molecule has 3 aromatic rings. The van der Waals surface area contributed by atoms with Gasteiger partial charge in [0.2, 0.25) is 5.95 Å². The average Bonchev–Trinajstić information content (AvgIpc) is 3.11. The summed E-state index contributed by atoms with van der Waals surface area (Å²) in [6.07, 6.45) is 0. The highest BCUT2D eigenvalue weighted by Crippen LogP contribution is 2.34. The lowest BCUT2D eigenvalue weighted by molar-refractivity contribution is -0.113. The molecule has 0 radical (unpaired) electrons. The molecule has 27 heavy (non-hydrogen) atoms.